The van der Waals surface area contributed by atoms with E-state index in [1.807, 2.05) is 13.0 Å². The molecule has 0 bridgehead atoms. The van der Waals surface area contributed by atoms with E-state index >= 15 is 0 Å². The van der Waals surface area contributed by atoms with Gasteiger partial charge in [-0.15, -0.1) is 0 Å². The number of carbonyl (C=O) groups is 1. The molecule has 3 aromatic rings. The number of halogens is 1. The van der Waals surface area contributed by atoms with Crippen molar-refractivity contribution in [3.05, 3.63) is 70.3 Å². The Balaban J connectivity index is 2.06. The topological polar surface area (TPSA) is 71.3 Å². The third-order valence-electron chi connectivity index (χ3n) is 3.69. The van der Waals surface area contributed by atoms with E-state index in [0.29, 0.717) is 23.2 Å². The van der Waals surface area contributed by atoms with Crippen LogP contribution >= 0.6 is 0 Å². The first kappa shape index (κ1) is 16.7. The number of fused-ring (bicyclic) bond motifs is 1. The molecule has 25 heavy (non-hydrogen) atoms. The summed E-state index contributed by atoms with van der Waals surface area (Å²) in [5.74, 6) is -1.11. The maximum Gasteiger partial charge on any atom is 0.362 e. The third kappa shape index (κ3) is 3.52. The van der Waals surface area contributed by atoms with Crippen molar-refractivity contribution in [3.63, 3.8) is 0 Å². The average Bonchev–Trinajstić information content (AvgIpc) is 2.61. The van der Waals surface area contributed by atoms with E-state index in [0.717, 1.165) is 12.5 Å². The molecule has 0 aliphatic rings. The molecule has 1 heterocycles. The van der Waals surface area contributed by atoms with Crippen LogP contribution in [0.3, 0.4) is 0 Å². The van der Waals surface area contributed by atoms with Gasteiger partial charge in [-0.1, -0.05) is 25.1 Å². The summed E-state index contributed by atoms with van der Waals surface area (Å²) in [6.45, 7) is 2.61. The van der Waals surface area contributed by atoms with Crippen LogP contribution in [0.5, 0.6) is 0 Å². The summed E-state index contributed by atoms with van der Waals surface area (Å²) in [4.78, 5) is 24.7. The summed E-state index contributed by atoms with van der Waals surface area (Å²) in [7, 11) is 0. The van der Waals surface area contributed by atoms with Crippen LogP contribution in [-0.4, -0.2) is 12.5 Å². The van der Waals surface area contributed by atoms with E-state index in [1.165, 1.54) is 18.2 Å². The molecule has 0 unspecified atom stereocenters. The quantitative estimate of drug-likeness (QED) is 0.689. The molecule has 0 saturated heterocycles. The van der Waals surface area contributed by atoms with Crippen molar-refractivity contribution < 1.29 is 13.6 Å². The maximum atomic E-state index is 13.3. The van der Waals surface area contributed by atoms with Crippen molar-refractivity contribution in [2.45, 2.75) is 13.3 Å². The lowest BCUT2D eigenvalue weighted by Crippen LogP contribution is -2.20. The minimum absolute atomic E-state index is 0.0152. The Hall–Kier alpha value is -3.15. The van der Waals surface area contributed by atoms with Gasteiger partial charge >= 0.3 is 5.63 Å². The highest BCUT2D eigenvalue weighted by molar-refractivity contribution is 6.08. The van der Waals surface area contributed by atoms with Crippen molar-refractivity contribution >= 4 is 28.3 Å². The molecule has 0 aliphatic heterocycles. The second kappa shape index (κ2) is 7.17. The van der Waals surface area contributed by atoms with Crippen molar-refractivity contribution in [2.24, 2.45) is 0 Å². The highest BCUT2D eigenvalue weighted by Gasteiger charge is 2.17. The predicted octanol–water partition coefficient (Wildman–Crippen LogP) is 4.01. The number of nitrogens with one attached hydrogen (secondary N) is 2. The van der Waals surface area contributed by atoms with Gasteiger partial charge in [-0.3, -0.25) is 4.79 Å². The summed E-state index contributed by atoms with van der Waals surface area (Å²) in [5.41, 5.74) is 0.394. The zero-order chi connectivity index (χ0) is 17.8. The molecule has 6 heteroatoms. The Bertz CT molecular complexity index is 982. The van der Waals surface area contributed by atoms with Gasteiger partial charge in [-0.05, 0) is 36.8 Å². The van der Waals surface area contributed by atoms with Crippen LogP contribution < -0.4 is 16.3 Å². The SMILES string of the molecule is CCCNc1c(NC(=O)c2cccc(F)c2)c(=O)oc2ccccc12. The first-order valence-electron chi connectivity index (χ1n) is 7.96. The van der Waals surface area contributed by atoms with Gasteiger partial charge in [-0.25, -0.2) is 9.18 Å². The van der Waals surface area contributed by atoms with Gasteiger partial charge in [0, 0.05) is 17.5 Å². The van der Waals surface area contributed by atoms with Crippen LogP contribution in [0.1, 0.15) is 23.7 Å². The molecular formula is C19H17FN2O3. The van der Waals surface area contributed by atoms with Gasteiger partial charge in [0.25, 0.3) is 5.91 Å². The molecule has 2 aromatic carbocycles. The Labute approximate surface area is 143 Å². The van der Waals surface area contributed by atoms with E-state index in [4.69, 9.17) is 4.42 Å². The smallest absolute Gasteiger partial charge is 0.362 e. The minimum atomic E-state index is -0.665. The Morgan fingerprint density at radius 3 is 2.68 bits per heavy atom. The molecule has 0 atom stereocenters. The van der Waals surface area contributed by atoms with Crippen LogP contribution in [0.15, 0.2) is 57.7 Å². The van der Waals surface area contributed by atoms with Gasteiger partial charge in [0.1, 0.15) is 11.4 Å². The molecule has 0 aliphatic carbocycles. The summed E-state index contributed by atoms with van der Waals surface area (Å²) in [6, 6.07) is 12.3. The van der Waals surface area contributed by atoms with Gasteiger partial charge in [0.15, 0.2) is 5.69 Å². The number of benzene rings is 2. The maximum absolute atomic E-state index is 13.3. The van der Waals surface area contributed by atoms with Crippen LogP contribution in [0, 0.1) is 5.82 Å². The number of hydrogen-bond acceptors (Lipinski definition) is 4. The van der Waals surface area contributed by atoms with Gasteiger partial charge in [-0.2, -0.15) is 0 Å². The molecule has 1 amide bonds. The van der Waals surface area contributed by atoms with Gasteiger partial charge in [0.05, 0.1) is 5.69 Å². The second-order valence-electron chi connectivity index (χ2n) is 5.53. The van der Waals surface area contributed by atoms with Crippen molar-refractivity contribution in [1.29, 1.82) is 0 Å². The number of rotatable bonds is 5. The lowest BCUT2D eigenvalue weighted by atomic mass is 10.1. The molecule has 128 valence electrons. The Kier molecular flexibility index (Phi) is 4.79. The minimum Gasteiger partial charge on any atom is -0.421 e. The lowest BCUT2D eigenvalue weighted by molar-refractivity contribution is 0.102. The van der Waals surface area contributed by atoms with Crippen molar-refractivity contribution in [1.82, 2.24) is 0 Å². The molecule has 0 fully saturated rings. The summed E-state index contributed by atoms with van der Waals surface area (Å²) in [6.07, 6.45) is 0.839. The normalized spacial score (nSPS) is 10.6. The lowest BCUT2D eigenvalue weighted by Gasteiger charge is -2.14. The van der Waals surface area contributed by atoms with Crippen LogP contribution in [-0.2, 0) is 0 Å². The standard InChI is InChI=1S/C19H17FN2O3/c1-2-10-21-16-14-8-3-4-9-15(14)25-19(24)17(16)22-18(23)12-6-5-7-13(20)11-12/h3-9,11,21H,2,10H2,1H3,(H,22,23). The van der Waals surface area contributed by atoms with E-state index in [1.54, 1.807) is 18.2 Å². The largest absolute Gasteiger partial charge is 0.421 e. The number of amides is 1. The van der Waals surface area contributed by atoms with Gasteiger partial charge in [0.2, 0.25) is 0 Å². The first-order valence-corrected chi connectivity index (χ1v) is 7.96. The molecule has 0 spiro atoms. The highest BCUT2D eigenvalue weighted by Crippen LogP contribution is 2.28. The molecular weight excluding hydrogens is 323 g/mol. The number of hydrogen-bond donors (Lipinski definition) is 2. The first-order chi connectivity index (χ1) is 12.1. The van der Waals surface area contributed by atoms with E-state index in [9.17, 15) is 14.0 Å². The molecule has 1 aromatic heterocycles. The van der Waals surface area contributed by atoms with Crippen molar-refractivity contribution in [2.75, 3.05) is 17.2 Å². The van der Waals surface area contributed by atoms with Crippen molar-refractivity contribution in [3.8, 4) is 0 Å². The summed E-state index contributed by atoms with van der Waals surface area (Å²) in [5, 5.41) is 6.40. The van der Waals surface area contributed by atoms with Crippen LogP contribution in [0.4, 0.5) is 15.8 Å². The zero-order valence-corrected chi connectivity index (χ0v) is 13.6. The predicted molar refractivity (Wildman–Crippen MR) is 95.6 cm³/mol. The Morgan fingerprint density at radius 1 is 1.12 bits per heavy atom. The Morgan fingerprint density at radius 2 is 1.92 bits per heavy atom. The fourth-order valence-electron chi connectivity index (χ4n) is 2.51. The number of para-hydroxylation sites is 1. The highest BCUT2D eigenvalue weighted by atomic mass is 19.1. The van der Waals surface area contributed by atoms with Crippen LogP contribution in [0.25, 0.3) is 11.0 Å². The number of carbonyl (C=O) groups excluding carboxylic acids is 1. The molecule has 0 radical (unpaired) electrons. The average molecular weight is 340 g/mol. The van der Waals surface area contributed by atoms with Crippen LogP contribution in [0.2, 0.25) is 0 Å². The molecule has 5 nitrogen and oxygen atoms in total. The third-order valence-corrected chi connectivity index (χ3v) is 3.69. The molecule has 0 saturated carbocycles. The monoisotopic (exact) mass is 340 g/mol. The zero-order valence-electron chi connectivity index (χ0n) is 13.6. The molecule has 3 rings (SSSR count). The fourth-order valence-corrected chi connectivity index (χ4v) is 2.51. The summed E-state index contributed by atoms with van der Waals surface area (Å²) >= 11 is 0. The fraction of sp³-hybridized carbons (Fsp3) is 0.158. The number of anilines is 2. The van der Waals surface area contributed by atoms with E-state index < -0.39 is 17.3 Å². The van der Waals surface area contributed by atoms with Gasteiger partial charge < -0.3 is 15.1 Å². The van der Waals surface area contributed by atoms with E-state index in [-0.39, 0.29) is 11.3 Å². The second-order valence-corrected chi connectivity index (χ2v) is 5.53. The summed E-state index contributed by atoms with van der Waals surface area (Å²) < 4.78 is 18.6. The van der Waals surface area contributed by atoms with E-state index in [2.05, 4.69) is 10.6 Å². The molecule has 2 N–H and O–H groups in total.